The van der Waals surface area contributed by atoms with Crippen LogP contribution in [0.3, 0.4) is 0 Å². The molecule has 17 nitrogen and oxygen atoms in total. The van der Waals surface area contributed by atoms with Gasteiger partial charge in [0.2, 0.25) is 0 Å². The fraction of sp³-hybridized carbons (Fsp3) is 0.815. The molecule has 0 aliphatic rings. The molecule has 0 amide bonds. The average molecular weight is 1230 g/mol. The summed E-state index contributed by atoms with van der Waals surface area (Å²) in [6.45, 7) is 6.88. The van der Waals surface area contributed by atoms with Gasteiger partial charge in [-0.3, -0.25) is 37.3 Å². The van der Waals surface area contributed by atoms with Crippen LogP contribution in [0.4, 0.5) is 0 Å². The van der Waals surface area contributed by atoms with Crippen molar-refractivity contribution in [2.75, 3.05) is 39.6 Å². The number of aliphatic hydroxyl groups is 1. The van der Waals surface area contributed by atoms with Crippen molar-refractivity contribution in [1.29, 1.82) is 0 Å². The molecule has 0 rings (SSSR count). The van der Waals surface area contributed by atoms with Crippen LogP contribution in [0.15, 0.2) is 48.6 Å². The number of esters is 4. The molecule has 0 aliphatic heterocycles. The lowest BCUT2D eigenvalue weighted by molar-refractivity contribution is -0.161. The van der Waals surface area contributed by atoms with Gasteiger partial charge in [-0.05, 0) is 83.0 Å². The van der Waals surface area contributed by atoms with Crippen molar-refractivity contribution in [3.05, 3.63) is 48.6 Å². The van der Waals surface area contributed by atoms with Crippen LogP contribution >= 0.6 is 15.6 Å². The van der Waals surface area contributed by atoms with E-state index in [0.717, 1.165) is 128 Å². The Morgan fingerprint density at radius 3 is 0.976 bits per heavy atom. The van der Waals surface area contributed by atoms with E-state index in [4.69, 9.17) is 37.0 Å². The van der Waals surface area contributed by atoms with Crippen LogP contribution in [-0.4, -0.2) is 96.7 Å². The zero-order valence-corrected chi connectivity index (χ0v) is 54.8. The summed E-state index contributed by atoms with van der Waals surface area (Å²) in [4.78, 5) is 71.9. The van der Waals surface area contributed by atoms with E-state index in [2.05, 4.69) is 83.2 Å². The summed E-state index contributed by atoms with van der Waals surface area (Å²) in [6, 6.07) is 0. The first-order valence-electron chi connectivity index (χ1n) is 32.8. The number of rotatable bonds is 61. The number of carbonyl (C=O) groups excluding carboxylic acids is 4. The Bertz CT molecular complexity index is 1820. The van der Waals surface area contributed by atoms with Gasteiger partial charge < -0.3 is 33.8 Å². The average Bonchev–Trinajstić information content (AvgIpc) is 3.57. The summed E-state index contributed by atoms with van der Waals surface area (Å²) in [5, 5.41) is 10.5. The topological polar surface area (TPSA) is 237 Å². The fourth-order valence-electron chi connectivity index (χ4n) is 8.68. The van der Waals surface area contributed by atoms with Gasteiger partial charge >= 0.3 is 39.5 Å². The first-order valence-corrected chi connectivity index (χ1v) is 35.8. The van der Waals surface area contributed by atoms with Crippen LogP contribution in [0.25, 0.3) is 0 Å². The van der Waals surface area contributed by atoms with Crippen LogP contribution in [0.1, 0.15) is 279 Å². The normalized spacial score (nSPS) is 14.6. The highest BCUT2D eigenvalue weighted by Crippen LogP contribution is 2.45. The number of hydrogen-bond donors (Lipinski definition) is 3. The number of phosphoric acid groups is 2. The SMILES string of the molecule is CCCCCC/C=C\C=C/CCCCCCCC(=O)OC[C@H](COP(=O)(O)OC[C@@H](O)COP(=O)(O)OC[C@@H](COC(=O)CCCCCCC)OC(=O)CCCCCCCCC(C)C)OC(=O)CCCCCCC/C=C\C=C/CCCCCC. The van der Waals surface area contributed by atoms with Gasteiger partial charge in [0.25, 0.3) is 0 Å². The Morgan fingerprint density at radius 1 is 0.369 bits per heavy atom. The fourth-order valence-corrected chi connectivity index (χ4v) is 10.3. The van der Waals surface area contributed by atoms with Crippen molar-refractivity contribution in [3.63, 3.8) is 0 Å². The largest absolute Gasteiger partial charge is 0.472 e. The molecule has 0 radical (unpaired) electrons. The maximum Gasteiger partial charge on any atom is 0.472 e. The van der Waals surface area contributed by atoms with Crippen molar-refractivity contribution >= 4 is 39.5 Å². The Balaban J connectivity index is 5.25. The first kappa shape index (κ1) is 81.0. The van der Waals surface area contributed by atoms with E-state index in [1.165, 1.54) is 64.2 Å². The number of allylic oxidation sites excluding steroid dienone is 8. The molecule has 2 unspecified atom stereocenters. The minimum Gasteiger partial charge on any atom is -0.462 e. The molecule has 0 heterocycles. The molecule has 0 saturated heterocycles. The third-order valence-corrected chi connectivity index (χ3v) is 15.7. The van der Waals surface area contributed by atoms with Crippen molar-refractivity contribution in [2.24, 2.45) is 5.92 Å². The van der Waals surface area contributed by atoms with Crippen molar-refractivity contribution < 1.29 is 80.2 Å². The predicted molar refractivity (Wildman–Crippen MR) is 335 cm³/mol. The molecule has 0 bridgehead atoms. The minimum atomic E-state index is -4.96. The van der Waals surface area contributed by atoms with E-state index >= 15 is 0 Å². The minimum absolute atomic E-state index is 0.0778. The second kappa shape index (κ2) is 57.7. The van der Waals surface area contributed by atoms with Crippen LogP contribution in [0.5, 0.6) is 0 Å². The van der Waals surface area contributed by atoms with E-state index < -0.39 is 97.5 Å². The zero-order chi connectivity index (χ0) is 62.0. The number of ether oxygens (including phenoxy) is 4. The summed E-state index contributed by atoms with van der Waals surface area (Å²) >= 11 is 0. The van der Waals surface area contributed by atoms with Gasteiger partial charge in [-0.15, -0.1) is 0 Å². The second-order valence-electron chi connectivity index (χ2n) is 22.6. The number of carbonyl (C=O) groups is 4. The van der Waals surface area contributed by atoms with E-state index in [9.17, 15) is 43.2 Å². The lowest BCUT2D eigenvalue weighted by atomic mass is 10.0. The van der Waals surface area contributed by atoms with Gasteiger partial charge in [0.05, 0.1) is 26.4 Å². The van der Waals surface area contributed by atoms with Crippen LogP contribution in [0, 0.1) is 5.92 Å². The summed E-state index contributed by atoms with van der Waals surface area (Å²) < 4.78 is 67.7. The van der Waals surface area contributed by atoms with E-state index in [0.29, 0.717) is 31.6 Å². The first-order chi connectivity index (χ1) is 40.5. The standard InChI is InChI=1S/C65H118O17P2/c1-6-9-12-15-17-19-21-23-25-27-29-31-33-39-44-49-63(68)76-55-61(81-64(69)50-45-40-34-32-30-28-26-24-22-20-18-16-13-10-7-2)57-80-84(73,74)78-53-59(66)52-77-83(71,72)79-56-60(54-75-62(67)48-43-37-14-11-8-3)82-65(70)51-46-41-36-35-38-42-47-58(4)5/h19-26,58-61,66H,6-18,27-57H2,1-5H3,(H,71,72)(H,73,74)/b21-19-,22-20-,25-23-,26-24-/t59-,60+,61+/m0/s1. The van der Waals surface area contributed by atoms with Crippen molar-refractivity contribution in [1.82, 2.24) is 0 Å². The van der Waals surface area contributed by atoms with Crippen molar-refractivity contribution in [2.45, 2.75) is 297 Å². The molecule has 0 aromatic carbocycles. The molecule has 3 N–H and O–H groups in total. The maximum atomic E-state index is 13.0. The van der Waals surface area contributed by atoms with Crippen LogP contribution in [0.2, 0.25) is 0 Å². The molecule has 490 valence electrons. The molecular formula is C65H118O17P2. The molecule has 19 heteroatoms. The Hall–Kier alpha value is -2.98. The summed E-state index contributed by atoms with van der Waals surface area (Å²) in [5.41, 5.74) is 0. The third-order valence-electron chi connectivity index (χ3n) is 13.8. The number of phosphoric ester groups is 2. The highest BCUT2D eigenvalue weighted by atomic mass is 31.2. The Morgan fingerprint density at radius 2 is 0.643 bits per heavy atom. The van der Waals surface area contributed by atoms with E-state index in [1.54, 1.807) is 0 Å². The molecule has 0 aromatic rings. The van der Waals surface area contributed by atoms with Crippen LogP contribution in [-0.2, 0) is 65.4 Å². The number of unbranched alkanes of at least 4 members (excludes halogenated alkanes) is 27. The lowest BCUT2D eigenvalue weighted by Gasteiger charge is -2.21. The highest BCUT2D eigenvalue weighted by Gasteiger charge is 2.30. The molecule has 0 fully saturated rings. The molecule has 5 atom stereocenters. The molecule has 0 saturated carbocycles. The third kappa shape index (κ3) is 58.1. The number of hydrogen-bond acceptors (Lipinski definition) is 15. The molecule has 84 heavy (non-hydrogen) atoms. The quantitative estimate of drug-likeness (QED) is 0.0169. The predicted octanol–water partition coefficient (Wildman–Crippen LogP) is 17.3. The maximum absolute atomic E-state index is 13.0. The number of aliphatic hydroxyl groups excluding tert-OH is 1. The van der Waals surface area contributed by atoms with Gasteiger partial charge in [-0.25, -0.2) is 9.13 Å². The van der Waals surface area contributed by atoms with E-state index in [-0.39, 0.29) is 25.7 Å². The Kier molecular flexibility index (Phi) is 55.7. The second-order valence-corrected chi connectivity index (χ2v) is 25.5. The van der Waals surface area contributed by atoms with Gasteiger partial charge in [-0.1, -0.05) is 224 Å². The molecule has 0 aliphatic carbocycles. The van der Waals surface area contributed by atoms with Gasteiger partial charge in [-0.2, -0.15) is 0 Å². The summed E-state index contributed by atoms with van der Waals surface area (Å²) in [7, 11) is -9.90. The van der Waals surface area contributed by atoms with Crippen molar-refractivity contribution in [3.8, 4) is 0 Å². The van der Waals surface area contributed by atoms with Crippen LogP contribution < -0.4 is 0 Å². The lowest BCUT2D eigenvalue weighted by Crippen LogP contribution is -2.30. The summed E-state index contributed by atoms with van der Waals surface area (Å²) in [6.07, 6.45) is 48.1. The monoisotopic (exact) mass is 1230 g/mol. The zero-order valence-electron chi connectivity index (χ0n) is 53.0. The van der Waals surface area contributed by atoms with Gasteiger partial charge in [0.15, 0.2) is 12.2 Å². The van der Waals surface area contributed by atoms with E-state index in [1.807, 2.05) is 0 Å². The molecule has 0 spiro atoms. The highest BCUT2D eigenvalue weighted by molar-refractivity contribution is 7.47. The molecular weight excluding hydrogens is 1110 g/mol. The molecule has 0 aromatic heterocycles. The Labute approximate surface area is 508 Å². The van der Waals surface area contributed by atoms with Gasteiger partial charge in [0.1, 0.15) is 19.3 Å². The van der Waals surface area contributed by atoms with Gasteiger partial charge in [0, 0.05) is 25.7 Å². The summed E-state index contributed by atoms with van der Waals surface area (Å²) in [5.74, 6) is -1.54. The smallest absolute Gasteiger partial charge is 0.462 e.